The van der Waals surface area contributed by atoms with Crippen molar-refractivity contribution in [2.24, 2.45) is 11.1 Å². The van der Waals surface area contributed by atoms with E-state index in [0.717, 1.165) is 11.4 Å². The molecule has 3 heterocycles. The first kappa shape index (κ1) is 20.9. The lowest BCUT2D eigenvalue weighted by Crippen LogP contribution is -2.40. The second kappa shape index (κ2) is 8.78. The normalized spacial score (nSPS) is 15.1. The molecule has 3 aromatic rings. The summed E-state index contributed by atoms with van der Waals surface area (Å²) in [5.41, 5.74) is 0.805. The molecule has 162 valence electrons. The average Bonchev–Trinajstić information content (AvgIpc) is 3.32. The predicted octanol–water partition coefficient (Wildman–Crippen LogP) is 0.238. The fourth-order valence-electron chi connectivity index (χ4n) is 3.46. The van der Waals surface area contributed by atoms with E-state index in [-0.39, 0.29) is 16.7 Å². The summed E-state index contributed by atoms with van der Waals surface area (Å²) in [7, 11) is -3.72. The maximum absolute atomic E-state index is 12.6. The molecule has 0 bridgehead atoms. The van der Waals surface area contributed by atoms with E-state index in [9.17, 15) is 13.2 Å². The van der Waals surface area contributed by atoms with Gasteiger partial charge in [0.2, 0.25) is 15.9 Å². The fraction of sp³-hybridized carbons (Fsp3) is 0.316. The molecule has 1 amide bonds. The largest absolute Gasteiger partial charge is 0.356 e. The van der Waals surface area contributed by atoms with Crippen molar-refractivity contribution in [3.63, 3.8) is 0 Å². The molecule has 0 unspecified atom stereocenters. The van der Waals surface area contributed by atoms with Crippen LogP contribution >= 0.6 is 0 Å². The lowest BCUT2D eigenvalue weighted by atomic mass is 9.96. The molecular formula is C19H22N8O3S. The second-order valence-corrected chi connectivity index (χ2v) is 8.80. The van der Waals surface area contributed by atoms with Crippen molar-refractivity contribution in [2.75, 3.05) is 18.0 Å². The van der Waals surface area contributed by atoms with Crippen LogP contribution < -0.4 is 15.4 Å². The van der Waals surface area contributed by atoms with Crippen LogP contribution in [0.4, 0.5) is 5.82 Å². The van der Waals surface area contributed by atoms with Crippen LogP contribution in [0, 0.1) is 5.92 Å². The van der Waals surface area contributed by atoms with Crippen molar-refractivity contribution in [2.45, 2.75) is 24.3 Å². The highest BCUT2D eigenvalue weighted by Gasteiger charge is 2.25. The Bertz CT molecular complexity index is 1140. The fourth-order valence-corrected chi connectivity index (χ4v) is 3.98. The van der Waals surface area contributed by atoms with E-state index >= 15 is 0 Å². The van der Waals surface area contributed by atoms with Crippen LogP contribution in [0.1, 0.15) is 18.4 Å². The van der Waals surface area contributed by atoms with Gasteiger partial charge in [-0.15, -0.1) is 0 Å². The number of primary sulfonamides is 1. The van der Waals surface area contributed by atoms with E-state index in [2.05, 4.69) is 30.3 Å². The summed E-state index contributed by atoms with van der Waals surface area (Å²) in [6, 6.07) is 8.00. The molecule has 3 N–H and O–H groups in total. The molecule has 1 aromatic carbocycles. The number of sulfonamides is 1. The highest BCUT2D eigenvalue weighted by atomic mass is 32.2. The Labute approximate surface area is 179 Å². The number of rotatable bonds is 6. The van der Waals surface area contributed by atoms with Crippen molar-refractivity contribution in [1.29, 1.82) is 0 Å². The molecule has 4 rings (SSSR count). The molecule has 12 heteroatoms. The zero-order chi connectivity index (χ0) is 21.8. The SMILES string of the molecule is NS(=O)(=O)c1ccc(CNC(=O)C2CCN(c3cc(-n4cncn4)ncn3)CC2)cc1. The van der Waals surface area contributed by atoms with Crippen molar-refractivity contribution in [3.05, 3.63) is 54.9 Å². The molecule has 0 saturated carbocycles. The molecule has 1 saturated heterocycles. The Morgan fingerprint density at radius 3 is 2.45 bits per heavy atom. The molecule has 1 fully saturated rings. The highest BCUT2D eigenvalue weighted by molar-refractivity contribution is 7.89. The van der Waals surface area contributed by atoms with E-state index in [0.29, 0.717) is 38.3 Å². The molecule has 0 aliphatic carbocycles. The van der Waals surface area contributed by atoms with Gasteiger partial charge in [-0.25, -0.2) is 33.2 Å². The molecule has 1 aliphatic heterocycles. The Kier molecular flexibility index (Phi) is 5.91. The third-order valence-corrected chi connectivity index (χ3v) is 6.13. The molecule has 0 spiro atoms. The summed E-state index contributed by atoms with van der Waals surface area (Å²) < 4.78 is 24.2. The average molecular weight is 443 g/mol. The van der Waals surface area contributed by atoms with Gasteiger partial charge in [0.25, 0.3) is 0 Å². The Hall–Kier alpha value is -3.38. The Morgan fingerprint density at radius 1 is 1.10 bits per heavy atom. The number of aromatic nitrogens is 5. The molecule has 0 radical (unpaired) electrons. The summed E-state index contributed by atoms with van der Waals surface area (Å²) in [4.78, 5) is 27.2. The maximum atomic E-state index is 12.6. The first-order valence-electron chi connectivity index (χ1n) is 9.71. The van der Waals surface area contributed by atoms with Gasteiger partial charge in [-0.3, -0.25) is 4.79 Å². The second-order valence-electron chi connectivity index (χ2n) is 7.24. The van der Waals surface area contributed by atoms with Crippen LogP contribution in [0.3, 0.4) is 0 Å². The third kappa shape index (κ3) is 5.03. The number of nitrogens with one attached hydrogen (secondary N) is 1. The van der Waals surface area contributed by atoms with Gasteiger partial charge in [0.1, 0.15) is 24.8 Å². The number of piperidine rings is 1. The summed E-state index contributed by atoms with van der Waals surface area (Å²) >= 11 is 0. The first-order valence-corrected chi connectivity index (χ1v) is 11.3. The number of carbonyl (C=O) groups is 1. The number of carbonyl (C=O) groups excluding carboxylic acids is 1. The van der Waals surface area contributed by atoms with Crippen molar-refractivity contribution in [3.8, 4) is 5.82 Å². The number of nitrogens with zero attached hydrogens (tertiary/aromatic N) is 6. The van der Waals surface area contributed by atoms with Crippen LogP contribution in [-0.2, 0) is 21.4 Å². The van der Waals surface area contributed by atoms with Crippen LogP contribution in [0.5, 0.6) is 0 Å². The lowest BCUT2D eigenvalue weighted by Gasteiger charge is -2.32. The number of anilines is 1. The van der Waals surface area contributed by atoms with Crippen LogP contribution in [-0.4, -0.2) is 52.1 Å². The lowest BCUT2D eigenvalue weighted by molar-refractivity contribution is -0.125. The molecule has 11 nitrogen and oxygen atoms in total. The van der Waals surface area contributed by atoms with Gasteiger partial charge in [-0.2, -0.15) is 5.10 Å². The molecular weight excluding hydrogens is 420 g/mol. The molecule has 1 aliphatic rings. The van der Waals surface area contributed by atoms with Gasteiger partial charge < -0.3 is 10.2 Å². The summed E-state index contributed by atoms with van der Waals surface area (Å²) in [6.45, 7) is 1.74. The Balaban J connectivity index is 1.30. The van der Waals surface area contributed by atoms with Gasteiger partial charge in [-0.05, 0) is 30.5 Å². The highest BCUT2D eigenvalue weighted by Crippen LogP contribution is 2.23. The zero-order valence-electron chi connectivity index (χ0n) is 16.6. The van der Waals surface area contributed by atoms with Gasteiger partial charge >= 0.3 is 0 Å². The minimum Gasteiger partial charge on any atom is -0.356 e. The third-order valence-electron chi connectivity index (χ3n) is 5.20. The van der Waals surface area contributed by atoms with E-state index < -0.39 is 10.0 Å². The van der Waals surface area contributed by atoms with Crippen LogP contribution in [0.25, 0.3) is 5.82 Å². The number of benzene rings is 1. The maximum Gasteiger partial charge on any atom is 0.238 e. The number of nitrogens with two attached hydrogens (primary N) is 1. The number of hydrogen-bond donors (Lipinski definition) is 2. The van der Waals surface area contributed by atoms with Gasteiger partial charge in [-0.1, -0.05) is 12.1 Å². The van der Waals surface area contributed by atoms with Crippen molar-refractivity contribution in [1.82, 2.24) is 30.0 Å². The molecule has 2 aromatic heterocycles. The van der Waals surface area contributed by atoms with E-state index in [1.807, 2.05) is 6.07 Å². The van der Waals surface area contributed by atoms with Gasteiger partial charge in [0, 0.05) is 31.6 Å². The van der Waals surface area contributed by atoms with Gasteiger partial charge in [0.15, 0.2) is 5.82 Å². The summed E-state index contributed by atoms with van der Waals surface area (Å²) in [5.74, 6) is 1.32. The summed E-state index contributed by atoms with van der Waals surface area (Å²) in [6.07, 6.45) is 5.93. The number of hydrogen-bond acceptors (Lipinski definition) is 8. The van der Waals surface area contributed by atoms with Crippen molar-refractivity contribution >= 4 is 21.7 Å². The minimum atomic E-state index is -3.72. The van der Waals surface area contributed by atoms with Crippen LogP contribution in [0.2, 0.25) is 0 Å². The standard InChI is InChI=1S/C19H22N8O3S/c20-31(29,30)16-3-1-14(2-4-16)10-22-19(28)15-5-7-26(8-6-15)17-9-18(24-12-23-17)27-13-21-11-25-27/h1-4,9,11-13,15H,5-8,10H2,(H,22,28)(H2,20,29,30). The quantitative estimate of drug-likeness (QED) is 0.551. The van der Waals surface area contributed by atoms with Crippen LogP contribution in [0.15, 0.2) is 54.2 Å². The monoisotopic (exact) mass is 442 g/mol. The minimum absolute atomic E-state index is 0.0128. The smallest absolute Gasteiger partial charge is 0.238 e. The molecule has 0 atom stereocenters. The predicted molar refractivity (Wildman–Crippen MR) is 112 cm³/mol. The first-order chi connectivity index (χ1) is 14.9. The molecule has 31 heavy (non-hydrogen) atoms. The zero-order valence-corrected chi connectivity index (χ0v) is 17.4. The Morgan fingerprint density at radius 2 is 1.81 bits per heavy atom. The van der Waals surface area contributed by atoms with E-state index in [1.54, 1.807) is 23.1 Å². The number of amides is 1. The topological polar surface area (TPSA) is 149 Å². The van der Waals surface area contributed by atoms with Gasteiger partial charge in [0.05, 0.1) is 4.90 Å². The van der Waals surface area contributed by atoms with E-state index in [4.69, 9.17) is 5.14 Å². The summed E-state index contributed by atoms with van der Waals surface area (Å²) in [5, 5.41) is 12.1. The van der Waals surface area contributed by atoms with Crippen molar-refractivity contribution < 1.29 is 13.2 Å². The van der Waals surface area contributed by atoms with E-state index in [1.165, 1.54) is 24.8 Å².